The van der Waals surface area contributed by atoms with E-state index in [1.165, 1.54) is 12.2 Å². The molecule has 0 radical (unpaired) electrons. The number of hydrogen-bond donors (Lipinski definition) is 3. The molecule has 0 bridgehead atoms. The highest BCUT2D eigenvalue weighted by molar-refractivity contribution is 7.46. The van der Waals surface area contributed by atoms with Crippen molar-refractivity contribution in [3.63, 3.8) is 0 Å². The van der Waals surface area contributed by atoms with Gasteiger partial charge in [0.2, 0.25) is 0 Å². The molecule has 1 heterocycles. The van der Waals surface area contributed by atoms with Crippen LogP contribution in [0.1, 0.15) is 0 Å². The third-order valence-electron chi connectivity index (χ3n) is 2.37. The lowest BCUT2D eigenvalue weighted by Gasteiger charge is -2.34. The van der Waals surface area contributed by atoms with Gasteiger partial charge >= 0.3 is 7.82 Å². The van der Waals surface area contributed by atoms with Crippen molar-refractivity contribution >= 4 is 7.82 Å². The molecule has 0 saturated carbocycles. The van der Waals surface area contributed by atoms with Gasteiger partial charge in [0.05, 0.1) is 0 Å². The zero-order valence-corrected chi connectivity index (χ0v) is 9.86. The second-order valence-corrected chi connectivity index (χ2v) is 4.73. The Morgan fingerprint density at radius 3 is 2.72 bits per heavy atom. The second-order valence-electron chi connectivity index (χ2n) is 3.58. The minimum absolute atomic E-state index is 0.109. The molecule has 18 heavy (non-hydrogen) atoms. The van der Waals surface area contributed by atoms with E-state index in [9.17, 15) is 9.67 Å². The summed E-state index contributed by atoms with van der Waals surface area (Å²) in [6.45, 7) is 0. The van der Waals surface area contributed by atoms with Crippen LogP contribution in [0.4, 0.5) is 0 Å². The van der Waals surface area contributed by atoms with Crippen LogP contribution >= 0.6 is 7.82 Å². The first kappa shape index (κ1) is 12.6. The molecule has 3 N–H and O–H groups in total. The van der Waals surface area contributed by atoms with Crippen LogP contribution in [-0.2, 0) is 9.19 Å². The van der Waals surface area contributed by atoms with Gasteiger partial charge in [-0.05, 0) is 17.7 Å². The number of aliphatic hydroxyl groups is 1. The SMILES string of the molecule is N#CC1=CC=C2C=CC=C(O)C2N1OP(=O)(O)O. The molecule has 1 aliphatic heterocycles. The van der Waals surface area contributed by atoms with Crippen LogP contribution in [0.15, 0.2) is 47.4 Å². The molecule has 7 nitrogen and oxygen atoms in total. The van der Waals surface area contributed by atoms with Gasteiger partial charge in [-0.2, -0.15) is 9.89 Å². The molecule has 0 aromatic heterocycles. The largest absolute Gasteiger partial charge is 0.510 e. The highest BCUT2D eigenvalue weighted by Crippen LogP contribution is 2.42. The van der Waals surface area contributed by atoms with Crippen LogP contribution in [0.3, 0.4) is 0 Å². The first-order valence-corrected chi connectivity index (χ1v) is 6.39. The molecule has 8 heteroatoms. The molecule has 1 atom stereocenters. The maximum Gasteiger partial charge on any atom is 0.491 e. The summed E-state index contributed by atoms with van der Waals surface area (Å²) < 4.78 is 15.4. The van der Waals surface area contributed by atoms with Crippen molar-refractivity contribution in [2.45, 2.75) is 6.04 Å². The second kappa shape index (κ2) is 4.44. The summed E-state index contributed by atoms with van der Waals surface area (Å²) in [4.78, 5) is 17.7. The Balaban J connectivity index is 2.43. The van der Waals surface area contributed by atoms with Crippen molar-refractivity contribution in [2.75, 3.05) is 0 Å². The molecule has 0 aromatic carbocycles. The molecule has 0 amide bonds. The fraction of sp³-hybridized carbons (Fsp3) is 0.100. The summed E-state index contributed by atoms with van der Waals surface area (Å²) in [5.41, 5.74) is 0.449. The number of aliphatic hydroxyl groups excluding tert-OH is 1. The van der Waals surface area contributed by atoms with Crippen LogP contribution in [0.2, 0.25) is 0 Å². The quantitative estimate of drug-likeness (QED) is 0.641. The Kier molecular flexibility index (Phi) is 3.11. The van der Waals surface area contributed by atoms with Gasteiger partial charge in [0.25, 0.3) is 0 Å². The van der Waals surface area contributed by atoms with Crippen molar-refractivity contribution in [2.24, 2.45) is 0 Å². The summed E-state index contributed by atoms with van der Waals surface area (Å²) in [6.07, 6.45) is 7.51. The van der Waals surface area contributed by atoms with E-state index in [2.05, 4.69) is 4.62 Å². The fourth-order valence-corrected chi connectivity index (χ4v) is 2.10. The minimum Gasteiger partial charge on any atom is -0.510 e. The van der Waals surface area contributed by atoms with E-state index >= 15 is 0 Å². The zero-order chi connectivity index (χ0) is 13.3. The Bertz CT molecular complexity index is 578. The molecule has 0 fully saturated rings. The lowest BCUT2D eigenvalue weighted by atomic mass is 9.96. The summed E-state index contributed by atoms with van der Waals surface area (Å²) in [5.74, 6) is -0.168. The maximum absolute atomic E-state index is 10.9. The first-order chi connectivity index (χ1) is 8.42. The Hall–Kier alpha value is -1.84. The Morgan fingerprint density at radius 1 is 1.39 bits per heavy atom. The first-order valence-electron chi connectivity index (χ1n) is 4.86. The smallest absolute Gasteiger partial charge is 0.491 e. The molecule has 2 aliphatic rings. The number of phosphoric acid groups is 1. The van der Waals surface area contributed by atoms with Crippen LogP contribution in [0.25, 0.3) is 0 Å². The van der Waals surface area contributed by atoms with Crippen molar-refractivity contribution in [3.8, 4) is 6.07 Å². The van der Waals surface area contributed by atoms with E-state index in [1.54, 1.807) is 24.3 Å². The Morgan fingerprint density at radius 2 is 2.11 bits per heavy atom. The van der Waals surface area contributed by atoms with Gasteiger partial charge in [-0.25, -0.2) is 9.63 Å². The van der Waals surface area contributed by atoms with Crippen LogP contribution in [-0.4, -0.2) is 26.0 Å². The third-order valence-corrected chi connectivity index (χ3v) is 2.75. The van der Waals surface area contributed by atoms with E-state index in [1.807, 2.05) is 0 Å². The van der Waals surface area contributed by atoms with Gasteiger partial charge in [0, 0.05) is 0 Å². The highest BCUT2D eigenvalue weighted by atomic mass is 31.2. The van der Waals surface area contributed by atoms with Crippen LogP contribution < -0.4 is 0 Å². The lowest BCUT2D eigenvalue weighted by Crippen LogP contribution is -2.38. The van der Waals surface area contributed by atoms with Gasteiger partial charge in [-0.15, -0.1) is 0 Å². The summed E-state index contributed by atoms with van der Waals surface area (Å²) in [6, 6.07) is 0.813. The molecule has 0 saturated heterocycles. The standard InChI is InChI=1S/C10H9N2O5P/c11-6-8-5-4-7-2-1-3-9(13)10(7)12(8)17-18(14,15)16/h1-5,10,13H,(H2,14,15,16). The molecular weight excluding hydrogens is 259 g/mol. The number of nitrogens with zero attached hydrogens (tertiary/aromatic N) is 2. The summed E-state index contributed by atoms with van der Waals surface area (Å²) in [5, 5.41) is 19.3. The van der Waals surface area contributed by atoms with Crippen molar-refractivity contribution in [1.82, 2.24) is 5.06 Å². The average molecular weight is 268 g/mol. The number of fused-ring (bicyclic) bond motifs is 1. The Labute approximate surface area is 102 Å². The minimum atomic E-state index is -4.83. The molecule has 1 unspecified atom stereocenters. The number of nitriles is 1. The fourth-order valence-electron chi connectivity index (χ4n) is 1.69. The molecule has 1 aliphatic carbocycles. The van der Waals surface area contributed by atoms with E-state index in [0.29, 0.717) is 10.6 Å². The van der Waals surface area contributed by atoms with Crippen molar-refractivity contribution < 1.29 is 24.1 Å². The van der Waals surface area contributed by atoms with Crippen LogP contribution in [0, 0.1) is 11.3 Å². The van der Waals surface area contributed by atoms with Crippen LogP contribution in [0.5, 0.6) is 0 Å². The predicted octanol–water partition coefficient (Wildman–Crippen LogP) is 1.04. The van der Waals surface area contributed by atoms with E-state index in [4.69, 9.17) is 15.0 Å². The topological polar surface area (TPSA) is 114 Å². The molecule has 2 rings (SSSR count). The van der Waals surface area contributed by atoms with E-state index in [-0.39, 0.29) is 11.5 Å². The monoisotopic (exact) mass is 268 g/mol. The predicted molar refractivity (Wildman–Crippen MR) is 60.4 cm³/mol. The van der Waals surface area contributed by atoms with Crippen molar-refractivity contribution in [1.29, 1.82) is 5.26 Å². The number of hydrogen-bond acceptors (Lipinski definition) is 5. The number of hydroxylamine groups is 2. The molecule has 0 spiro atoms. The maximum atomic E-state index is 10.9. The zero-order valence-electron chi connectivity index (χ0n) is 8.96. The lowest BCUT2D eigenvalue weighted by molar-refractivity contribution is -0.0679. The molecule has 94 valence electrons. The number of allylic oxidation sites excluding steroid dienone is 5. The van der Waals surface area contributed by atoms with E-state index in [0.717, 1.165) is 0 Å². The highest BCUT2D eigenvalue weighted by Gasteiger charge is 2.36. The van der Waals surface area contributed by atoms with Gasteiger partial charge < -0.3 is 14.9 Å². The van der Waals surface area contributed by atoms with Crippen molar-refractivity contribution in [3.05, 3.63) is 47.4 Å². The summed E-state index contributed by atoms with van der Waals surface area (Å²) in [7, 11) is -4.83. The average Bonchev–Trinajstić information content (AvgIpc) is 2.27. The van der Waals surface area contributed by atoms with Gasteiger partial charge in [-0.1, -0.05) is 18.2 Å². The molecule has 0 aromatic rings. The van der Waals surface area contributed by atoms with Gasteiger partial charge in [0.15, 0.2) is 0 Å². The van der Waals surface area contributed by atoms with Gasteiger partial charge in [-0.3, -0.25) is 0 Å². The number of rotatable bonds is 2. The van der Waals surface area contributed by atoms with Gasteiger partial charge in [0.1, 0.15) is 23.6 Å². The third kappa shape index (κ3) is 2.37. The normalized spacial score (nSPS) is 22.6. The summed E-state index contributed by atoms with van der Waals surface area (Å²) >= 11 is 0. The van der Waals surface area contributed by atoms with E-state index < -0.39 is 13.9 Å². The molecular formula is C10H9N2O5P.